The Labute approximate surface area is 223 Å². The fourth-order valence-corrected chi connectivity index (χ4v) is 4.26. The van der Waals surface area contributed by atoms with E-state index in [9.17, 15) is 4.39 Å². The van der Waals surface area contributed by atoms with Crippen molar-refractivity contribution in [1.82, 2.24) is 0 Å². The van der Waals surface area contributed by atoms with Crippen LogP contribution in [0.25, 0.3) is 5.70 Å². The summed E-state index contributed by atoms with van der Waals surface area (Å²) in [6.07, 6.45) is 1.59. The molecular weight excluding hydrogens is 453 g/mol. The number of benzene rings is 4. The molecule has 2 heteroatoms. The second-order valence-electron chi connectivity index (χ2n) is 8.83. The van der Waals surface area contributed by atoms with E-state index in [1.165, 1.54) is 45.5 Å². The first kappa shape index (κ1) is 29.3. The molecule has 192 valence electrons. The third-order valence-electron chi connectivity index (χ3n) is 6.06. The molecule has 0 aliphatic carbocycles. The Kier molecular flexibility index (Phi) is 11.6. The number of rotatable bonds is 7. The predicted octanol–water partition coefficient (Wildman–Crippen LogP) is 9.84. The first-order valence-electron chi connectivity index (χ1n) is 12.8. The van der Waals surface area contributed by atoms with Crippen molar-refractivity contribution in [2.75, 3.05) is 5.32 Å². The van der Waals surface area contributed by atoms with E-state index in [4.69, 9.17) is 0 Å². The van der Waals surface area contributed by atoms with Crippen molar-refractivity contribution in [3.05, 3.63) is 155 Å². The molecule has 1 N–H and O–H groups in total. The summed E-state index contributed by atoms with van der Waals surface area (Å²) in [7, 11) is 0. The van der Waals surface area contributed by atoms with Crippen LogP contribution in [0.4, 0.5) is 10.1 Å². The Morgan fingerprint density at radius 3 is 1.89 bits per heavy atom. The molecule has 1 nitrogen and oxygen atoms in total. The van der Waals surface area contributed by atoms with Crippen molar-refractivity contribution in [2.45, 2.75) is 47.5 Å². The largest absolute Gasteiger partial charge is 0.355 e. The van der Waals surface area contributed by atoms with Crippen LogP contribution in [0.2, 0.25) is 0 Å². The molecule has 0 atom stereocenters. The SMILES string of the molecule is C=C.C=C(Nc1c(C)cc(Cc2ccc(C)cc2)cc1Cc1ccc(F)cc1)c1ccccc1C.CC. The Morgan fingerprint density at radius 2 is 1.27 bits per heavy atom. The van der Waals surface area contributed by atoms with Gasteiger partial charge in [-0.15, -0.1) is 13.2 Å². The van der Waals surface area contributed by atoms with Gasteiger partial charge in [-0.3, -0.25) is 0 Å². The standard InChI is InChI=1S/C31H30FN.C2H6.C2H4/c1-21-9-11-25(12-10-21)18-27-17-23(3)31(33-24(4)30-8-6-5-7-22(30)2)28(20-27)19-26-13-15-29(32)16-14-26;2*1-2/h5-17,20,33H,4,18-19H2,1-3H3;1-2H3;1-2H2. The second-order valence-corrected chi connectivity index (χ2v) is 8.83. The molecule has 0 aliphatic rings. The van der Waals surface area contributed by atoms with Crippen LogP contribution < -0.4 is 5.32 Å². The first-order valence-corrected chi connectivity index (χ1v) is 12.8. The van der Waals surface area contributed by atoms with Gasteiger partial charge in [0.1, 0.15) is 5.82 Å². The van der Waals surface area contributed by atoms with Crippen molar-refractivity contribution < 1.29 is 4.39 Å². The van der Waals surface area contributed by atoms with Gasteiger partial charge >= 0.3 is 0 Å². The summed E-state index contributed by atoms with van der Waals surface area (Å²) in [5.74, 6) is -0.214. The van der Waals surface area contributed by atoms with E-state index in [1.54, 1.807) is 0 Å². The van der Waals surface area contributed by atoms with Gasteiger partial charge in [-0.2, -0.15) is 0 Å². The molecule has 0 saturated carbocycles. The summed E-state index contributed by atoms with van der Waals surface area (Å²) in [6, 6.07) is 28.2. The normalized spacial score (nSPS) is 9.89. The number of hydrogen-bond donors (Lipinski definition) is 1. The van der Waals surface area contributed by atoms with Crippen LogP contribution in [0.3, 0.4) is 0 Å². The van der Waals surface area contributed by atoms with Crippen molar-refractivity contribution >= 4 is 11.4 Å². The zero-order valence-electron chi connectivity index (χ0n) is 23.0. The highest BCUT2D eigenvalue weighted by atomic mass is 19.1. The van der Waals surface area contributed by atoms with Crippen molar-refractivity contribution in [1.29, 1.82) is 0 Å². The Bertz CT molecular complexity index is 1280. The summed E-state index contributed by atoms with van der Waals surface area (Å²) in [4.78, 5) is 0. The van der Waals surface area contributed by atoms with Gasteiger partial charge in [0.25, 0.3) is 0 Å². The minimum Gasteiger partial charge on any atom is -0.355 e. The molecule has 0 fully saturated rings. The highest BCUT2D eigenvalue weighted by molar-refractivity contribution is 5.80. The zero-order valence-corrected chi connectivity index (χ0v) is 23.0. The molecule has 0 saturated heterocycles. The summed E-state index contributed by atoms with van der Waals surface area (Å²) in [5.41, 5.74) is 11.5. The summed E-state index contributed by atoms with van der Waals surface area (Å²) in [6.45, 7) is 20.7. The van der Waals surface area contributed by atoms with Crippen LogP contribution in [-0.2, 0) is 12.8 Å². The molecule has 0 aromatic heterocycles. The maximum atomic E-state index is 13.5. The maximum absolute atomic E-state index is 13.5. The van der Waals surface area contributed by atoms with Crippen LogP contribution in [-0.4, -0.2) is 0 Å². The fourth-order valence-electron chi connectivity index (χ4n) is 4.26. The zero-order chi connectivity index (χ0) is 27.4. The number of aryl methyl sites for hydroxylation is 3. The van der Waals surface area contributed by atoms with Crippen LogP contribution in [0.1, 0.15) is 58.4 Å². The summed E-state index contributed by atoms with van der Waals surface area (Å²) >= 11 is 0. The summed E-state index contributed by atoms with van der Waals surface area (Å²) in [5, 5.41) is 3.60. The van der Waals surface area contributed by atoms with Crippen LogP contribution in [0.5, 0.6) is 0 Å². The lowest BCUT2D eigenvalue weighted by atomic mass is 9.94. The molecule has 37 heavy (non-hydrogen) atoms. The van der Waals surface area contributed by atoms with Gasteiger partial charge in [-0.05, 0) is 79.1 Å². The predicted molar refractivity (Wildman–Crippen MR) is 161 cm³/mol. The maximum Gasteiger partial charge on any atom is 0.123 e. The van der Waals surface area contributed by atoms with E-state index in [-0.39, 0.29) is 5.82 Å². The van der Waals surface area contributed by atoms with Gasteiger partial charge in [-0.25, -0.2) is 4.39 Å². The quantitative estimate of drug-likeness (QED) is 0.253. The minimum absolute atomic E-state index is 0.214. The number of hydrogen-bond acceptors (Lipinski definition) is 1. The van der Waals surface area contributed by atoms with Gasteiger partial charge in [0.05, 0.1) is 0 Å². The molecule has 0 heterocycles. The van der Waals surface area contributed by atoms with Gasteiger partial charge in [-0.1, -0.05) is 98.8 Å². The molecule has 4 aromatic rings. The Hall–Kier alpha value is -3.91. The van der Waals surface area contributed by atoms with E-state index >= 15 is 0 Å². The van der Waals surface area contributed by atoms with Crippen LogP contribution in [0, 0.1) is 26.6 Å². The van der Waals surface area contributed by atoms with Crippen LogP contribution in [0.15, 0.2) is 105 Å². The molecule has 4 aromatic carbocycles. The minimum atomic E-state index is -0.214. The fraction of sp³-hybridized carbons (Fsp3) is 0.200. The molecule has 4 rings (SSSR count). The van der Waals surface area contributed by atoms with Gasteiger partial charge < -0.3 is 5.32 Å². The van der Waals surface area contributed by atoms with Crippen molar-refractivity contribution in [2.24, 2.45) is 0 Å². The average molecular weight is 494 g/mol. The molecule has 0 spiro atoms. The van der Waals surface area contributed by atoms with E-state index in [0.717, 1.165) is 28.9 Å². The summed E-state index contributed by atoms with van der Waals surface area (Å²) < 4.78 is 13.5. The van der Waals surface area contributed by atoms with E-state index in [2.05, 4.69) is 94.4 Å². The number of nitrogens with one attached hydrogen (secondary N) is 1. The lowest BCUT2D eigenvalue weighted by molar-refractivity contribution is 0.627. The number of halogens is 1. The Balaban J connectivity index is 0.00000115. The highest BCUT2D eigenvalue weighted by Crippen LogP contribution is 2.30. The van der Waals surface area contributed by atoms with E-state index < -0.39 is 0 Å². The average Bonchev–Trinajstić information content (AvgIpc) is 2.91. The smallest absolute Gasteiger partial charge is 0.123 e. The second kappa shape index (κ2) is 14.6. The number of anilines is 1. The van der Waals surface area contributed by atoms with Gasteiger partial charge in [0.2, 0.25) is 0 Å². The molecular formula is C35H40FN. The molecule has 0 bridgehead atoms. The Morgan fingerprint density at radius 1 is 0.703 bits per heavy atom. The first-order chi connectivity index (χ1) is 17.9. The highest BCUT2D eigenvalue weighted by Gasteiger charge is 2.13. The molecule has 0 radical (unpaired) electrons. The molecule has 0 aliphatic heterocycles. The van der Waals surface area contributed by atoms with Crippen molar-refractivity contribution in [3.63, 3.8) is 0 Å². The topological polar surface area (TPSA) is 12.0 Å². The van der Waals surface area contributed by atoms with Gasteiger partial charge in [0, 0.05) is 16.9 Å². The lowest BCUT2D eigenvalue weighted by Gasteiger charge is -2.20. The van der Waals surface area contributed by atoms with Gasteiger partial charge in [0.15, 0.2) is 0 Å². The monoisotopic (exact) mass is 493 g/mol. The van der Waals surface area contributed by atoms with Crippen LogP contribution >= 0.6 is 0 Å². The van der Waals surface area contributed by atoms with Crippen molar-refractivity contribution in [3.8, 4) is 0 Å². The molecule has 0 unspecified atom stereocenters. The third kappa shape index (κ3) is 8.32. The van der Waals surface area contributed by atoms with E-state index in [1.807, 2.05) is 38.1 Å². The molecule has 0 amide bonds. The third-order valence-corrected chi connectivity index (χ3v) is 6.06. The lowest BCUT2D eigenvalue weighted by Crippen LogP contribution is -2.06. The van der Waals surface area contributed by atoms with E-state index in [0.29, 0.717) is 6.42 Å².